The van der Waals surface area contributed by atoms with Crippen molar-refractivity contribution >= 4 is 0 Å². The van der Waals surface area contributed by atoms with Gasteiger partial charge in [0.25, 0.3) is 0 Å². The molecule has 3 heteroatoms. The van der Waals surface area contributed by atoms with Gasteiger partial charge in [-0.25, -0.2) is 5.90 Å². The normalized spacial score (nSPS) is 15.9. The maximum Gasteiger partial charge on any atom is 0.0975 e. The zero-order valence-corrected chi connectivity index (χ0v) is 6.54. The summed E-state index contributed by atoms with van der Waals surface area (Å²) >= 11 is 0. The second kappa shape index (κ2) is 5.26. The minimum absolute atomic E-state index is 0.0370. The van der Waals surface area contributed by atoms with Crippen molar-refractivity contribution in [2.45, 2.75) is 32.5 Å². The first-order valence-electron chi connectivity index (χ1n) is 3.32. The minimum atomic E-state index is 0.0370. The van der Waals surface area contributed by atoms with Crippen LogP contribution in [0, 0.1) is 0 Å². The van der Waals surface area contributed by atoms with Crippen molar-refractivity contribution in [2.24, 2.45) is 5.90 Å². The van der Waals surface area contributed by atoms with Crippen molar-refractivity contribution in [3.8, 4) is 0 Å². The fourth-order valence-electron chi connectivity index (χ4n) is 0.743. The first-order valence-corrected chi connectivity index (χ1v) is 3.32. The largest absolute Gasteiger partial charge is 0.499 e. The quantitative estimate of drug-likeness (QED) is 0.467. The van der Waals surface area contributed by atoms with Gasteiger partial charge >= 0.3 is 0 Å². The van der Waals surface area contributed by atoms with E-state index in [1.807, 2.05) is 13.8 Å². The summed E-state index contributed by atoms with van der Waals surface area (Å²) in [5.74, 6) is 4.94. The van der Waals surface area contributed by atoms with Crippen LogP contribution in [-0.4, -0.2) is 12.2 Å². The van der Waals surface area contributed by atoms with Crippen LogP contribution in [0.25, 0.3) is 0 Å². The summed E-state index contributed by atoms with van der Waals surface area (Å²) in [6, 6.07) is 0. The zero-order chi connectivity index (χ0) is 7.98. The van der Waals surface area contributed by atoms with Crippen molar-refractivity contribution in [1.29, 1.82) is 0 Å². The molecular formula is C7H15NO2. The molecule has 0 aromatic rings. The fraction of sp³-hybridized carbons (Fsp3) is 0.714. The molecule has 0 aliphatic carbocycles. The van der Waals surface area contributed by atoms with Crippen LogP contribution in [0.3, 0.4) is 0 Å². The van der Waals surface area contributed by atoms with Crippen LogP contribution in [0.5, 0.6) is 0 Å². The van der Waals surface area contributed by atoms with Gasteiger partial charge in [-0.15, -0.1) is 0 Å². The molecule has 0 rings (SSSR count). The van der Waals surface area contributed by atoms with Crippen LogP contribution >= 0.6 is 0 Å². The molecule has 2 atom stereocenters. The van der Waals surface area contributed by atoms with Crippen molar-refractivity contribution in [2.75, 3.05) is 0 Å². The number of rotatable bonds is 5. The Morgan fingerprint density at radius 2 is 2.10 bits per heavy atom. The Balaban J connectivity index is 3.35. The Labute approximate surface area is 61.8 Å². The highest BCUT2D eigenvalue weighted by Gasteiger charge is 2.06. The summed E-state index contributed by atoms with van der Waals surface area (Å²) in [5, 5.41) is 0. The number of hydrogen-bond donors (Lipinski definition) is 1. The van der Waals surface area contributed by atoms with E-state index < -0.39 is 0 Å². The third-order valence-electron chi connectivity index (χ3n) is 1.22. The Kier molecular flexibility index (Phi) is 4.98. The molecule has 60 valence electrons. The van der Waals surface area contributed by atoms with E-state index in [1.165, 1.54) is 6.26 Å². The lowest BCUT2D eigenvalue weighted by Gasteiger charge is -2.14. The average Bonchev–Trinajstić information content (AvgIpc) is 1.88. The average molecular weight is 145 g/mol. The van der Waals surface area contributed by atoms with Crippen molar-refractivity contribution in [1.82, 2.24) is 0 Å². The summed E-state index contributed by atoms with van der Waals surface area (Å²) < 4.78 is 5.04. The van der Waals surface area contributed by atoms with Crippen LogP contribution in [-0.2, 0) is 9.57 Å². The molecular weight excluding hydrogens is 130 g/mol. The highest BCUT2D eigenvalue weighted by molar-refractivity contribution is 4.60. The molecule has 0 aliphatic heterocycles. The number of hydrogen-bond acceptors (Lipinski definition) is 3. The molecule has 2 unspecified atom stereocenters. The van der Waals surface area contributed by atoms with E-state index in [2.05, 4.69) is 11.4 Å². The molecule has 0 radical (unpaired) electrons. The number of nitrogens with two attached hydrogens (primary N) is 1. The Hall–Kier alpha value is -0.540. The second-order valence-electron chi connectivity index (χ2n) is 2.30. The van der Waals surface area contributed by atoms with Crippen LogP contribution in [0.15, 0.2) is 12.8 Å². The fourth-order valence-corrected chi connectivity index (χ4v) is 0.743. The molecule has 0 heterocycles. The van der Waals surface area contributed by atoms with Gasteiger partial charge in [0, 0.05) is 6.42 Å². The van der Waals surface area contributed by atoms with Crippen molar-refractivity contribution < 1.29 is 9.57 Å². The van der Waals surface area contributed by atoms with Gasteiger partial charge in [-0.05, 0) is 13.8 Å². The summed E-state index contributed by atoms with van der Waals surface area (Å²) in [6.07, 6.45) is 2.36. The van der Waals surface area contributed by atoms with E-state index in [4.69, 9.17) is 10.6 Å². The molecule has 0 aromatic heterocycles. The van der Waals surface area contributed by atoms with Gasteiger partial charge in [0.1, 0.15) is 0 Å². The first kappa shape index (κ1) is 9.46. The van der Waals surface area contributed by atoms with Crippen LogP contribution in [0.2, 0.25) is 0 Å². The highest BCUT2D eigenvalue weighted by Crippen LogP contribution is 2.03. The van der Waals surface area contributed by atoms with Crippen LogP contribution in [0.4, 0.5) is 0 Å². The molecule has 0 saturated heterocycles. The summed E-state index contributed by atoms with van der Waals surface area (Å²) in [4.78, 5) is 4.55. The van der Waals surface area contributed by atoms with E-state index in [0.717, 1.165) is 6.42 Å². The van der Waals surface area contributed by atoms with E-state index in [-0.39, 0.29) is 12.2 Å². The number of ether oxygens (including phenoxy) is 1. The van der Waals surface area contributed by atoms with Crippen LogP contribution < -0.4 is 5.90 Å². The topological polar surface area (TPSA) is 44.5 Å². The van der Waals surface area contributed by atoms with Gasteiger partial charge in [0.05, 0.1) is 18.5 Å². The minimum Gasteiger partial charge on any atom is -0.499 e. The molecule has 10 heavy (non-hydrogen) atoms. The molecule has 0 saturated carbocycles. The van der Waals surface area contributed by atoms with E-state index in [9.17, 15) is 0 Å². The summed E-state index contributed by atoms with van der Waals surface area (Å²) in [7, 11) is 0. The summed E-state index contributed by atoms with van der Waals surface area (Å²) in [6.45, 7) is 7.27. The molecule has 3 nitrogen and oxygen atoms in total. The third-order valence-corrected chi connectivity index (χ3v) is 1.22. The molecule has 2 N–H and O–H groups in total. The predicted molar refractivity (Wildman–Crippen MR) is 40.1 cm³/mol. The highest BCUT2D eigenvalue weighted by atomic mass is 16.6. The van der Waals surface area contributed by atoms with Crippen LogP contribution in [0.1, 0.15) is 20.3 Å². The summed E-state index contributed by atoms with van der Waals surface area (Å²) in [5.41, 5.74) is 0. The van der Waals surface area contributed by atoms with E-state index >= 15 is 0 Å². The monoisotopic (exact) mass is 145 g/mol. The predicted octanol–water partition coefficient (Wildman–Crippen LogP) is 1.20. The lowest BCUT2D eigenvalue weighted by atomic mass is 10.2. The van der Waals surface area contributed by atoms with Gasteiger partial charge < -0.3 is 9.57 Å². The van der Waals surface area contributed by atoms with E-state index in [1.54, 1.807) is 0 Å². The second-order valence-corrected chi connectivity index (χ2v) is 2.30. The maximum absolute atomic E-state index is 5.04. The maximum atomic E-state index is 5.04. The molecule has 0 bridgehead atoms. The van der Waals surface area contributed by atoms with E-state index in [0.29, 0.717) is 0 Å². The third kappa shape index (κ3) is 4.35. The lowest BCUT2D eigenvalue weighted by molar-refractivity contribution is 0.0242. The van der Waals surface area contributed by atoms with Gasteiger partial charge in [-0.1, -0.05) is 6.58 Å². The lowest BCUT2D eigenvalue weighted by Crippen LogP contribution is -2.19. The van der Waals surface area contributed by atoms with Crippen molar-refractivity contribution in [3.05, 3.63) is 12.8 Å². The molecule has 0 aliphatic rings. The molecule has 0 amide bonds. The SMILES string of the molecule is C=COC(C)CC(C)ON. The van der Waals surface area contributed by atoms with Crippen molar-refractivity contribution in [3.63, 3.8) is 0 Å². The smallest absolute Gasteiger partial charge is 0.0975 e. The van der Waals surface area contributed by atoms with Gasteiger partial charge in [-0.2, -0.15) is 0 Å². The van der Waals surface area contributed by atoms with Gasteiger partial charge in [0.15, 0.2) is 0 Å². The zero-order valence-electron chi connectivity index (χ0n) is 6.54. The molecule has 0 fully saturated rings. The molecule has 0 spiro atoms. The Bertz CT molecular complexity index is 95.6. The Morgan fingerprint density at radius 1 is 1.50 bits per heavy atom. The standard InChI is InChI=1S/C7H15NO2/c1-4-9-6(2)5-7(3)10-8/h4,6-7H,1,5,8H2,2-3H3. The first-order chi connectivity index (χ1) is 4.70. The van der Waals surface area contributed by atoms with Gasteiger partial charge in [0.2, 0.25) is 0 Å². The Morgan fingerprint density at radius 3 is 2.50 bits per heavy atom. The van der Waals surface area contributed by atoms with Gasteiger partial charge in [-0.3, -0.25) is 0 Å². The molecule has 0 aromatic carbocycles.